The molecule has 92 valence electrons. The molecule has 1 fully saturated rings. The Morgan fingerprint density at radius 2 is 2.24 bits per heavy atom. The Balaban J connectivity index is 2.06. The molecule has 1 aromatic carbocycles. The van der Waals surface area contributed by atoms with Crippen LogP contribution in [0, 0.1) is 16.0 Å². The van der Waals surface area contributed by atoms with Gasteiger partial charge in [0.1, 0.15) is 5.69 Å². The quantitative estimate of drug-likeness (QED) is 0.477. The lowest BCUT2D eigenvalue weighted by Crippen LogP contribution is -2.30. The van der Waals surface area contributed by atoms with E-state index >= 15 is 0 Å². The zero-order valence-corrected chi connectivity index (χ0v) is 9.85. The predicted molar refractivity (Wildman–Crippen MR) is 67.9 cm³/mol. The van der Waals surface area contributed by atoms with Gasteiger partial charge in [0.05, 0.1) is 4.92 Å². The van der Waals surface area contributed by atoms with Crippen LogP contribution >= 0.6 is 0 Å². The van der Waals surface area contributed by atoms with E-state index < -0.39 is 4.92 Å². The van der Waals surface area contributed by atoms with Gasteiger partial charge in [-0.05, 0) is 37.8 Å². The van der Waals surface area contributed by atoms with E-state index in [0.29, 0.717) is 12.0 Å². The Hall–Kier alpha value is -1.78. The van der Waals surface area contributed by atoms with Crippen LogP contribution in [0.3, 0.4) is 0 Å². The summed E-state index contributed by atoms with van der Waals surface area (Å²) in [5, 5.41) is 14.0. The molecule has 5 nitrogen and oxygen atoms in total. The van der Waals surface area contributed by atoms with Gasteiger partial charge in [-0.3, -0.25) is 10.1 Å². The molecule has 0 aromatic heterocycles. The first-order valence-electron chi connectivity index (χ1n) is 5.88. The van der Waals surface area contributed by atoms with Crippen LogP contribution in [0.2, 0.25) is 0 Å². The number of hydrogen-bond donors (Lipinski definition) is 2. The molecule has 1 unspecified atom stereocenters. The van der Waals surface area contributed by atoms with Crippen molar-refractivity contribution >= 4 is 17.1 Å². The van der Waals surface area contributed by atoms with E-state index in [1.54, 1.807) is 12.1 Å². The van der Waals surface area contributed by atoms with Gasteiger partial charge in [-0.1, -0.05) is 6.42 Å². The van der Waals surface area contributed by atoms with Crippen LogP contribution in [0.15, 0.2) is 18.2 Å². The van der Waals surface area contributed by atoms with E-state index in [1.807, 2.05) is 0 Å². The summed E-state index contributed by atoms with van der Waals surface area (Å²) in [7, 11) is 0. The summed E-state index contributed by atoms with van der Waals surface area (Å²) in [5.74, 6) is 0.714. The summed E-state index contributed by atoms with van der Waals surface area (Å²) in [6, 6.07) is 5.19. The van der Waals surface area contributed by atoms with Crippen molar-refractivity contribution in [2.24, 2.45) is 5.92 Å². The maximum Gasteiger partial charge on any atom is 0.292 e. The molecule has 0 spiro atoms. The molecular weight excluding hydrogens is 218 g/mol. The molecule has 0 amide bonds. The van der Waals surface area contributed by atoms with Gasteiger partial charge >= 0.3 is 0 Å². The van der Waals surface area contributed by atoms with Gasteiger partial charge in [-0.15, -0.1) is 0 Å². The SMILES string of the molecule is CC(Nc1ccc([N+](=O)[O-])c(N)c1)C1CCC1. The Kier molecular flexibility index (Phi) is 3.17. The lowest BCUT2D eigenvalue weighted by molar-refractivity contribution is -0.383. The number of nitrogens with one attached hydrogen (secondary N) is 1. The van der Waals surface area contributed by atoms with Crippen molar-refractivity contribution in [3.63, 3.8) is 0 Å². The van der Waals surface area contributed by atoms with E-state index in [1.165, 1.54) is 25.3 Å². The fraction of sp³-hybridized carbons (Fsp3) is 0.500. The van der Waals surface area contributed by atoms with Gasteiger partial charge in [0.15, 0.2) is 0 Å². The van der Waals surface area contributed by atoms with Crippen LogP contribution < -0.4 is 11.1 Å². The molecule has 0 aliphatic heterocycles. The second-order valence-electron chi connectivity index (χ2n) is 4.65. The Labute approximate surface area is 100 Å². The largest absolute Gasteiger partial charge is 0.393 e. The fourth-order valence-corrected chi connectivity index (χ4v) is 2.13. The average Bonchev–Trinajstić information content (AvgIpc) is 2.13. The zero-order valence-electron chi connectivity index (χ0n) is 9.85. The molecule has 0 heterocycles. The molecule has 17 heavy (non-hydrogen) atoms. The van der Waals surface area contributed by atoms with Crippen molar-refractivity contribution in [2.45, 2.75) is 32.2 Å². The standard InChI is InChI=1S/C12H17N3O2/c1-8(9-3-2-4-9)14-10-5-6-12(15(16)17)11(13)7-10/h5-9,14H,2-4,13H2,1H3. The maximum atomic E-state index is 10.6. The third-order valence-electron chi connectivity index (χ3n) is 3.48. The number of nitrogens with zero attached hydrogens (tertiary/aromatic N) is 1. The number of rotatable bonds is 4. The van der Waals surface area contributed by atoms with Crippen molar-refractivity contribution in [1.29, 1.82) is 0 Å². The second kappa shape index (κ2) is 4.61. The zero-order chi connectivity index (χ0) is 12.4. The number of benzene rings is 1. The molecule has 1 aliphatic rings. The Bertz CT molecular complexity index is 430. The lowest BCUT2D eigenvalue weighted by atomic mass is 9.80. The van der Waals surface area contributed by atoms with E-state index in [0.717, 1.165) is 5.69 Å². The highest BCUT2D eigenvalue weighted by molar-refractivity contribution is 5.66. The number of nitrogen functional groups attached to an aromatic ring is 1. The van der Waals surface area contributed by atoms with Crippen molar-refractivity contribution in [3.05, 3.63) is 28.3 Å². The number of anilines is 2. The molecule has 5 heteroatoms. The summed E-state index contributed by atoms with van der Waals surface area (Å²) in [4.78, 5) is 10.2. The second-order valence-corrected chi connectivity index (χ2v) is 4.65. The van der Waals surface area contributed by atoms with E-state index in [2.05, 4.69) is 12.2 Å². The molecule has 1 saturated carbocycles. The van der Waals surface area contributed by atoms with Gasteiger partial charge in [-0.2, -0.15) is 0 Å². The monoisotopic (exact) mass is 235 g/mol. The molecule has 2 rings (SSSR count). The number of nitrogens with two attached hydrogens (primary N) is 1. The third kappa shape index (κ3) is 2.49. The van der Waals surface area contributed by atoms with Gasteiger partial charge in [0, 0.05) is 17.8 Å². The number of nitro benzene ring substituents is 1. The first-order chi connectivity index (χ1) is 8.08. The topological polar surface area (TPSA) is 81.2 Å². The average molecular weight is 235 g/mol. The lowest BCUT2D eigenvalue weighted by Gasteiger charge is -2.32. The van der Waals surface area contributed by atoms with Crippen LogP contribution in [-0.2, 0) is 0 Å². The van der Waals surface area contributed by atoms with Gasteiger partial charge in [-0.25, -0.2) is 0 Å². The highest BCUT2D eigenvalue weighted by Crippen LogP contribution is 2.32. The smallest absolute Gasteiger partial charge is 0.292 e. The summed E-state index contributed by atoms with van der Waals surface area (Å²) >= 11 is 0. The minimum atomic E-state index is -0.464. The highest BCUT2D eigenvalue weighted by Gasteiger charge is 2.24. The van der Waals surface area contributed by atoms with Crippen LogP contribution in [0.5, 0.6) is 0 Å². The molecule has 0 bridgehead atoms. The molecule has 0 radical (unpaired) electrons. The Morgan fingerprint density at radius 1 is 1.53 bits per heavy atom. The van der Waals surface area contributed by atoms with Crippen LogP contribution in [0.4, 0.5) is 17.1 Å². The van der Waals surface area contributed by atoms with E-state index in [9.17, 15) is 10.1 Å². The summed E-state index contributed by atoms with van der Waals surface area (Å²) in [5.41, 5.74) is 6.67. The van der Waals surface area contributed by atoms with Crippen LogP contribution in [-0.4, -0.2) is 11.0 Å². The molecule has 0 saturated heterocycles. The normalized spacial score (nSPS) is 17.2. The molecular formula is C12H17N3O2. The van der Waals surface area contributed by atoms with Crippen molar-refractivity contribution in [3.8, 4) is 0 Å². The van der Waals surface area contributed by atoms with Gasteiger partial charge < -0.3 is 11.1 Å². The minimum absolute atomic E-state index is 0.0353. The number of hydrogen-bond acceptors (Lipinski definition) is 4. The fourth-order valence-electron chi connectivity index (χ4n) is 2.13. The van der Waals surface area contributed by atoms with Crippen molar-refractivity contribution in [2.75, 3.05) is 11.1 Å². The van der Waals surface area contributed by atoms with Gasteiger partial charge in [0.2, 0.25) is 0 Å². The summed E-state index contributed by atoms with van der Waals surface area (Å²) in [6.45, 7) is 2.14. The van der Waals surface area contributed by atoms with Crippen molar-refractivity contribution < 1.29 is 4.92 Å². The minimum Gasteiger partial charge on any atom is -0.393 e. The molecule has 1 atom stereocenters. The van der Waals surface area contributed by atoms with Crippen LogP contribution in [0.1, 0.15) is 26.2 Å². The predicted octanol–water partition coefficient (Wildman–Crippen LogP) is 2.78. The molecule has 3 N–H and O–H groups in total. The molecule has 1 aromatic rings. The Morgan fingerprint density at radius 3 is 2.71 bits per heavy atom. The van der Waals surface area contributed by atoms with Gasteiger partial charge in [0.25, 0.3) is 5.69 Å². The van der Waals surface area contributed by atoms with Crippen molar-refractivity contribution in [1.82, 2.24) is 0 Å². The summed E-state index contributed by atoms with van der Waals surface area (Å²) < 4.78 is 0. The highest BCUT2D eigenvalue weighted by atomic mass is 16.6. The van der Waals surface area contributed by atoms with Crippen LogP contribution in [0.25, 0.3) is 0 Å². The third-order valence-corrected chi connectivity index (χ3v) is 3.48. The maximum absolute atomic E-state index is 10.6. The molecule has 1 aliphatic carbocycles. The first-order valence-corrected chi connectivity index (χ1v) is 5.88. The first kappa shape index (κ1) is 11.7. The van der Waals surface area contributed by atoms with E-state index in [-0.39, 0.29) is 11.4 Å². The summed E-state index contributed by atoms with van der Waals surface area (Å²) in [6.07, 6.45) is 3.83. The number of nitro groups is 1. The van der Waals surface area contributed by atoms with E-state index in [4.69, 9.17) is 5.73 Å².